The van der Waals surface area contributed by atoms with Crippen LogP contribution >= 0.6 is 0 Å². The van der Waals surface area contributed by atoms with E-state index >= 15 is 0 Å². The van der Waals surface area contributed by atoms with E-state index in [1.165, 1.54) is 4.90 Å². The number of rotatable bonds is 5. The van der Waals surface area contributed by atoms with Gasteiger partial charge in [0, 0.05) is 29.9 Å². The van der Waals surface area contributed by atoms with Crippen LogP contribution in [-0.2, 0) is 11.0 Å². The molecule has 3 amide bonds. The Hall–Kier alpha value is -3.89. The predicted molar refractivity (Wildman–Crippen MR) is 124 cm³/mol. The molecule has 2 aromatic heterocycles. The van der Waals surface area contributed by atoms with E-state index in [0.29, 0.717) is 43.4 Å². The number of ether oxygens (including phenoxy) is 2. The van der Waals surface area contributed by atoms with Gasteiger partial charge in [-0.1, -0.05) is 0 Å². The van der Waals surface area contributed by atoms with Crippen molar-refractivity contribution in [2.45, 2.75) is 44.0 Å². The highest BCUT2D eigenvalue weighted by molar-refractivity contribution is 6.12. The Morgan fingerprint density at radius 1 is 1.03 bits per heavy atom. The quantitative estimate of drug-likeness (QED) is 0.468. The Morgan fingerprint density at radius 2 is 1.81 bits per heavy atom. The lowest BCUT2D eigenvalue weighted by Crippen LogP contribution is -2.44. The molecule has 0 spiro atoms. The summed E-state index contributed by atoms with van der Waals surface area (Å²) in [6.07, 6.45) is 1.12. The summed E-state index contributed by atoms with van der Waals surface area (Å²) in [6, 6.07) is 7.23. The van der Waals surface area contributed by atoms with E-state index in [1.54, 1.807) is 19.4 Å². The van der Waals surface area contributed by atoms with Crippen molar-refractivity contribution in [3.05, 3.63) is 54.5 Å². The van der Waals surface area contributed by atoms with Gasteiger partial charge in [0.25, 0.3) is 5.91 Å². The largest absolute Gasteiger partial charge is 0.497 e. The molecule has 0 radical (unpaired) electrons. The molecule has 3 heterocycles. The van der Waals surface area contributed by atoms with Crippen LogP contribution in [0.15, 0.2) is 48.9 Å². The first-order chi connectivity index (χ1) is 17.2. The number of pyridine rings is 2. The van der Waals surface area contributed by atoms with E-state index in [2.05, 4.69) is 9.97 Å². The molecule has 2 fully saturated rings. The van der Waals surface area contributed by atoms with Crippen LogP contribution in [0.2, 0.25) is 0 Å². The van der Waals surface area contributed by atoms with E-state index < -0.39 is 23.7 Å². The number of fused-ring (bicyclic) bond motifs is 1. The lowest BCUT2D eigenvalue weighted by Gasteiger charge is -2.33. The normalized spacial score (nSPS) is 20.8. The third kappa shape index (κ3) is 4.52. The molecule has 1 saturated heterocycles. The molecule has 0 atom stereocenters. The molecule has 1 aliphatic heterocycles. The van der Waals surface area contributed by atoms with E-state index in [4.69, 9.17) is 9.47 Å². The molecule has 0 bridgehead atoms. The second kappa shape index (κ2) is 9.29. The fourth-order valence-corrected chi connectivity index (χ4v) is 4.74. The monoisotopic (exact) mass is 500 g/mol. The van der Waals surface area contributed by atoms with Gasteiger partial charge < -0.3 is 9.47 Å². The van der Waals surface area contributed by atoms with Crippen molar-refractivity contribution in [1.29, 1.82) is 0 Å². The van der Waals surface area contributed by atoms with Crippen LogP contribution in [-0.4, -0.2) is 52.6 Å². The summed E-state index contributed by atoms with van der Waals surface area (Å²) in [6.45, 7) is -0.315. The van der Waals surface area contributed by atoms with Crippen LogP contribution in [0, 0.1) is 0 Å². The molecule has 5 rings (SSSR count). The van der Waals surface area contributed by atoms with Gasteiger partial charge in [-0.3, -0.25) is 24.6 Å². The molecule has 36 heavy (non-hydrogen) atoms. The Bertz CT molecular complexity index is 1310. The summed E-state index contributed by atoms with van der Waals surface area (Å²) in [5.41, 5.74) is -0.278. The van der Waals surface area contributed by atoms with Crippen LogP contribution in [0.25, 0.3) is 10.9 Å². The van der Waals surface area contributed by atoms with Crippen LogP contribution in [0.3, 0.4) is 0 Å². The van der Waals surface area contributed by atoms with Crippen molar-refractivity contribution >= 4 is 28.5 Å². The number of methoxy groups -OCH3 is 1. The Kier molecular flexibility index (Phi) is 6.15. The second-order valence-electron chi connectivity index (χ2n) is 8.80. The molecular weight excluding hydrogens is 477 g/mol. The summed E-state index contributed by atoms with van der Waals surface area (Å²) in [5.74, 6) is 0.959. The smallest absolute Gasteiger partial charge is 0.417 e. The summed E-state index contributed by atoms with van der Waals surface area (Å²) < 4.78 is 50.7. The average Bonchev–Trinajstić information content (AvgIpc) is 3.17. The number of benzene rings is 1. The summed E-state index contributed by atoms with van der Waals surface area (Å²) in [7, 11) is 1.59. The minimum Gasteiger partial charge on any atom is -0.497 e. The highest BCUT2D eigenvalue weighted by Gasteiger charge is 2.43. The first kappa shape index (κ1) is 23.8. The predicted octanol–water partition coefficient (Wildman–Crippen LogP) is 4.82. The maximum Gasteiger partial charge on any atom is 0.417 e. The van der Waals surface area contributed by atoms with Crippen molar-refractivity contribution in [3.8, 4) is 11.5 Å². The summed E-state index contributed by atoms with van der Waals surface area (Å²) in [5, 5.41) is 0.857. The zero-order chi connectivity index (χ0) is 25.4. The van der Waals surface area contributed by atoms with Crippen molar-refractivity contribution in [1.82, 2.24) is 14.9 Å². The van der Waals surface area contributed by atoms with Gasteiger partial charge in [-0.15, -0.1) is 0 Å². The van der Waals surface area contributed by atoms with Gasteiger partial charge in [0.2, 0.25) is 0 Å². The van der Waals surface area contributed by atoms with Gasteiger partial charge in [0.15, 0.2) is 0 Å². The van der Waals surface area contributed by atoms with Crippen LogP contribution in [0.4, 0.5) is 23.7 Å². The summed E-state index contributed by atoms with van der Waals surface area (Å²) in [4.78, 5) is 35.9. The molecule has 8 nitrogen and oxygen atoms in total. The average molecular weight is 500 g/mol. The minimum atomic E-state index is -4.60. The number of aromatic nitrogens is 2. The zero-order valence-electron chi connectivity index (χ0n) is 19.4. The third-order valence-electron chi connectivity index (χ3n) is 6.57. The number of halogens is 3. The highest BCUT2D eigenvalue weighted by atomic mass is 19.4. The van der Waals surface area contributed by atoms with E-state index in [9.17, 15) is 22.8 Å². The highest BCUT2D eigenvalue weighted by Crippen LogP contribution is 2.35. The van der Waals surface area contributed by atoms with Crippen molar-refractivity contribution in [2.75, 3.05) is 18.6 Å². The van der Waals surface area contributed by atoms with Gasteiger partial charge in [-0.2, -0.15) is 13.2 Å². The van der Waals surface area contributed by atoms with Crippen LogP contribution in [0.1, 0.15) is 31.2 Å². The number of alkyl halides is 3. The van der Waals surface area contributed by atoms with Gasteiger partial charge in [-0.25, -0.2) is 4.79 Å². The van der Waals surface area contributed by atoms with E-state index in [0.717, 1.165) is 28.1 Å². The number of anilines is 1. The minimum absolute atomic E-state index is 0.0520. The Labute approximate surface area is 204 Å². The van der Waals surface area contributed by atoms with Crippen molar-refractivity contribution in [2.24, 2.45) is 0 Å². The molecule has 1 aliphatic carbocycles. The fraction of sp³-hybridized carbons (Fsp3) is 0.360. The number of amides is 3. The van der Waals surface area contributed by atoms with Gasteiger partial charge >= 0.3 is 12.2 Å². The first-order valence-electron chi connectivity index (χ1n) is 11.5. The topological polar surface area (TPSA) is 84.9 Å². The number of carbonyl (C=O) groups is 2. The standard InChI is InChI=1S/C25H23F3N4O4/c1-35-19-6-7-20-21(11-19)30-9-8-22(20)36-18-4-2-16(3-5-18)32-23(33)14-31(24(32)34)17-10-15(12-29-13-17)25(26,27)28/h6-13,16,18H,2-5,14H2,1H3/t16-,18-. The number of hydrogen-bond donors (Lipinski definition) is 0. The molecular formula is C25H23F3N4O4. The van der Waals surface area contributed by atoms with Crippen LogP contribution in [0.5, 0.6) is 11.5 Å². The molecule has 0 N–H and O–H groups in total. The lowest BCUT2D eigenvalue weighted by molar-refractivity contribution is -0.137. The number of carbonyl (C=O) groups excluding carboxylic acids is 2. The number of hydrogen-bond acceptors (Lipinski definition) is 6. The van der Waals surface area contributed by atoms with Crippen molar-refractivity contribution < 1.29 is 32.2 Å². The number of urea groups is 1. The zero-order valence-corrected chi connectivity index (χ0v) is 19.4. The van der Waals surface area contributed by atoms with E-state index in [1.807, 2.05) is 18.2 Å². The molecule has 188 valence electrons. The van der Waals surface area contributed by atoms with Gasteiger partial charge in [0.1, 0.15) is 18.0 Å². The Balaban J connectivity index is 1.25. The Morgan fingerprint density at radius 3 is 2.53 bits per heavy atom. The molecule has 3 aromatic rings. The number of imide groups is 1. The fourth-order valence-electron chi connectivity index (χ4n) is 4.74. The van der Waals surface area contributed by atoms with Gasteiger partial charge in [-0.05, 0) is 49.9 Å². The first-order valence-corrected chi connectivity index (χ1v) is 11.5. The molecule has 11 heteroatoms. The maximum absolute atomic E-state index is 13.1. The SMILES string of the molecule is COc1ccc2c(O[C@H]3CC[C@H](N4C(=O)CN(c5cncc(C(F)(F)F)c5)C4=O)CC3)ccnc2c1. The molecule has 1 aromatic carbocycles. The lowest BCUT2D eigenvalue weighted by atomic mass is 9.92. The third-order valence-corrected chi connectivity index (χ3v) is 6.57. The van der Waals surface area contributed by atoms with E-state index in [-0.39, 0.29) is 24.4 Å². The molecule has 2 aliphatic rings. The van der Waals surface area contributed by atoms with Crippen LogP contribution < -0.4 is 14.4 Å². The maximum atomic E-state index is 13.1. The molecule has 0 unspecified atom stereocenters. The molecule has 1 saturated carbocycles. The van der Waals surface area contributed by atoms with Crippen molar-refractivity contribution in [3.63, 3.8) is 0 Å². The second-order valence-corrected chi connectivity index (χ2v) is 8.80. The van der Waals surface area contributed by atoms with Gasteiger partial charge in [0.05, 0.1) is 36.2 Å². The number of nitrogens with zero attached hydrogens (tertiary/aromatic N) is 4. The summed E-state index contributed by atoms with van der Waals surface area (Å²) >= 11 is 0.